The third-order valence-corrected chi connectivity index (χ3v) is 5.61. The Morgan fingerprint density at radius 1 is 0.864 bits per heavy atom. The summed E-state index contributed by atoms with van der Waals surface area (Å²) in [7, 11) is 0. The molecule has 4 fully saturated rings. The first-order valence-electron chi connectivity index (χ1n) is 8.26. The molecule has 122 valence electrons. The van der Waals surface area contributed by atoms with Gasteiger partial charge in [0.05, 0.1) is 13.1 Å². The van der Waals surface area contributed by atoms with Gasteiger partial charge in [-0.2, -0.15) is 0 Å². The lowest BCUT2D eigenvalue weighted by Gasteiger charge is -2.56. The van der Waals surface area contributed by atoms with Gasteiger partial charge in [0.25, 0.3) is 0 Å². The van der Waals surface area contributed by atoms with Gasteiger partial charge in [-0.15, -0.1) is 0 Å². The van der Waals surface area contributed by atoms with E-state index in [1.807, 2.05) is 0 Å². The van der Waals surface area contributed by atoms with Gasteiger partial charge < -0.3 is 16.4 Å². The monoisotopic (exact) mass is 307 g/mol. The summed E-state index contributed by atoms with van der Waals surface area (Å²) >= 11 is 0. The zero-order valence-corrected chi connectivity index (χ0v) is 12.9. The Kier molecular flexibility index (Phi) is 4.10. The maximum absolute atomic E-state index is 12.2. The smallest absolute Gasteiger partial charge is 0.239 e. The molecule has 0 aromatic carbocycles. The van der Waals surface area contributed by atoms with Crippen LogP contribution in [-0.4, -0.2) is 30.8 Å². The van der Waals surface area contributed by atoms with E-state index in [9.17, 15) is 14.4 Å². The highest BCUT2D eigenvalue weighted by Gasteiger charge is 2.51. The first kappa shape index (κ1) is 15.3. The highest BCUT2D eigenvalue weighted by molar-refractivity contribution is 5.87. The number of carbonyl (C=O) groups is 3. The average molecular weight is 307 g/mol. The Hall–Kier alpha value is -1.59. The number of hydrogen-bond acceptors (Lipinski definition) is 3. The molecule has 6 heteroatoms. The van der Waals surface area contributed by atoms with E-state index in [-0.39, 0.29) is 30.3 Å². The van der Waals surface area contributed by atoms with Crippen LogP contribution in [0.5, 0.6) is 0 Å². The molecule has 4 bridgehead atoms. The van der Waals surface area contributed by atoms with Crippen LogP contribution >= 0.6 is 0 Å². The summed E-state index contributed by atoms with van der Waals surface area (Å²) in [5.41, 5.74) is 5.13. The van der Waals surface area contributed by atoms with Crippen LogP contribution in [0.2, 0.25) is 0 Å². The van der Waals surface area contributed by atoms with Gasteiger partial charge in [-0.05, 0) is 61.7 Å². The summed E-state index contributed by atoms with van der Waals surface area (Å²) in [6.07, 6.45) is 8.16. The van der Waals surface area contributed by atoms with Gasteiger partial charge in [0.2, 0.25) is 17.7 Å². The fraction of sp³-hybridized carbons (Fsp3) is 0.812. The Balaban J connectivity index is 1.46. The summed E-state index contributed by atoms with van der Waals surface area (Å²) in [6, 6.07) is 0. The molecule has 0 radical (unpaired) electrons. The molecule has 0 atom stereocenters. The highest BCUT2D eigenvalue weighted by Crippen LogP contribution is 2.61. The van der Waals surface area contributed by atoms with Gasteiger partial charge in [-0.3, -0.25) is 14.4 Å². The van der Waals surface area contributed by atoms with Crippen LogP contribution in [0.25, 0.3) is 0 Å². The number of hydrogen-bond donors (Lipinski definition) is 3. The average Bonchev–Trinajstić information content (AvgIpc) is 2.40. The van der Waals surface area contributed by atoms with Crippen molar-refractivity contribution in [3.8, 4) is 0 Å². The number of amides is 3. The van der Waals surface area contributed by atoms with Gasteiger partial charge >= 0.3 is 0 Å². The van der Waals surface area contributed by atoms with Crippen LogP contribution in [-0.2, 0) is 14.4 Å². The summed E-state index contributed by atoms with van der Waals surface area (Å²) in [5, 5.41) is 5.05. The van der Waals surface area contributed by atoms with Crippen molar-refractivity contribution in [2.75, 3.05) is 13.1 Å². The Morgan fingerprint density at radius 3 is 1.86 bits per heavy atom. The Bertz CT molecular complexity index is 454. The topological polar surface area (TPSA) is 101 Å². The largest absolute Gasteiger partial charge is 0.368 e. The molecule has 0 saturated heterocycles. The van der Waals surface area contributed by atoms with Crippen LogP contribution < -0.4 is 16.4 Å². The van der Waals surface area contributed by atoms with Crippen molar-refractivity contribution < 1.29 is 14.4 Å². The minimum Gasteiger partial charge on any atom is -0.368 e. The van der Waals surface area contributed by atoms with Crippen LogP contribution in [0, 0.1) is 23.2 Å². The fourth-order valence-corrected chi connectivity index (χ4v) is 5.34. The minimum absolute atomic E-state index is 0.0452. The molecule has 0 aliphatic heterocycles. The van der Waals surface area contributed by atoms with E-state index in [0.717, 1.165) is 17.8 Å². The van der Waals surface area contributed by atoms with Crippen molar-refractivity contribution >= 4 is 17.7 Å². The lowest BCUT2D eigenvalue weighted by Crippen LogP contribution is -2.48. The van der Waals surface area contributed by atoms with Gasteiger partial charge in [-0.25, -0.2) is 0 Å². The molecule has 0 aromatic heterocycles. The predicted molar refractivity (Wildman–Crippen MR) is 80.4 cm³/mol. The van der Waals surface area contributed by atoms with Crippen molar-refractivity contribution in [3.63, 3.8) is 0 Å². The zero-order valence-electron chi connectivity index (χ0n) is 12.9. The Morgan fingerprint density at radius 2 is 1.36 bits per heavy atom. The summed E-state index contributed by atoms with van der Waals surface area (Å²) in [5.74, 6) is 1.44. The second-order valence-electron chi connectivity index (χ2n) is 7.61. The van der Waals surface area contributed by atoms with Gasteiger partial charge in [0, 0.05) is 6.42 Å². The summed E-state index contributed by atoms with van der Waals surface area (Å²) in [4.78, 5) is 34.2. The van der Waals surface area contributed by atoms with Gasteiger partial charge in [0.1, 0.15) is 0 Å². The quantitative estimate of drug-likeness (QED) is 0.658. The second-order valence-corrected chi connectivity index (χ2v) is 7.61. The molecule has 0 spiro atoms. The maximum Gasteiger partial charge on any atom is 0.239 e. The SMILES string of the molecule is NC(=O)CNC(=O)CNC(=O)CC12CC3CC(CC(C3)C1)C2. The van der Waals surface area contributed by atoms with Crippen molar-refractivity contribution in [1.29, 1.82) is 0 Å². The van der Waals surface area contributed by atoms with Crippen molar-refractivity contribution in [2.24, 2.45) is 28.9 Å². The van der Waals surface area contributed by atoms with E-state index >= 15 is 0 Å². The number of primary amides is 1. The van der Waals surface area contributed by atoms with E-state index in [1.54, 1.807) is 0 Å². The number of nitrogens with two attached hydrogens (primary N) is 1. The molecule has 3 amide bonds. The van der Waals surface area contributed by atoms with E-state index in [2.05, 4.69) is 10.6 Å². The van der Waals surface area contributed by atoms with Crippen molar-refractivity contribution in [1.82, 2.24) is 10.6 Å². The van der Waals surface area contributed by atoms with Crippen LogP contribution in [0.3, 0.4) is 0 Å². The second kappa shape index (κ2) is 5.89. The van der Waals surface area contributed by atoms with Gasteiger partial charge in [0.15, 0.2) is 0 Å². The van der Waals surface area contributed by atoms with E-state index in [0.29, 0.717) is 6.42 Å². The molecule has 0 aromatic rings. The van der Waals surface area contributed by atoms with Crippen LogP contribution in [0.4, 0.5) is 0 Å². The van der Waals surface area contributed by atoms with E-state index in [1.165, 1.54) is 38.5 Å². The number of carbonyl (C=O) groups excluding carboxylic acids is 3. The minimum atomic E-state index is -0.590. The van der Waals surface area contributed by atoms with Crippen molar-refractivity contribution in [3.05, 3.63) is 0 Å². The molecule has 22 heavy (non-hydrogen) atoms. The molecule has 0 heterocycles. The highest BCUT2D eigenvalue weighted by atomic mass is 16.2. The molecule has 4 aliphatic rings. The van der Waals surface area contributed by atoms with Crippen LogP contribution in [0.1, 0.15) is 44.9 Å². The Labute approximate surface area is 130 Å². The van der Waals surface area contributed by atoms with Gasteiger partial charge in [-0.1, -0.05) is 0 Å². The van der Waals surface area contributed by atoms with Crippen molar-refractivity contribution in [2.45, 2.75) is 44.9 Å². The van der Waals surface area contributed by atoms with Crippen LogP contribution in [0.15, 0.2) is 0 Å². The van der Waals surface area contributed by atoms with E-state index in [4.69, 9.17) is 5.73 Å². The lowest BCUT2D eigenvalue weighted by atomic mass is 9.49. The van der Waals surface area contributed by atoms with E-state index < -0.39 is 5.91 Å². The maximum atomic E-state index is 12.2. The predicted octanol–water partition coefficient (Wildman–Crippen LogP) is 0.311. The zero-order chi connectivity index (χ0) is 15.7. The number of nitrogens with one attached hydrogen (secondary N) is 2. The molecule has 4 saturated carbocycles. The summed E-state index contributed by atoms with van der Waals surface area (Å²) in [6.45, 7) is -0.276. The molecule has 0 unspecified atom stereocenters. The first-order valence-corrected chi connectivity index (χ1v) is 8.26. The normalized spacial score (nSPS) is 35.2. The molecular formula is C16H25N3O3. The third-order valence-electron chi connectivity index (χ3n) is 5.61. The first-order chi connectivity index (χ1) is 10.4. The summed E-state index contributed by atoms with van der Waals surface area (Å²) < 4.78 is 0. The third kappa shape index (κ3) is 3.42. The molecule has 4 N–H and O–H groups in total. The molecule has 6 nitrogen and oxygen atoms in total. The standard InChI is InChI=1S/C16H25N3O3/c17-13(20)8-18-15(22)9-19-14(21)7-16-4-10-1-11(5-16)3-12(2-10)6-16/h10-12H,1-9H2,(H2,17,20)(H,18,22)(H,19,21). The number of rotatable bonds is 6. The fourth-order valence-electron chi connectivity index (χ4n) is 5.34. The molecule has 4 rings (SSSR count). The lowest BCUT2D eigenvalue weighted by molar-refractivity contribution is -0.132. The molecular weight excluding hydrogens is 282 g/mol. The molecule has 4 aliphatic carbocycles.